The summed E-state index contributed by atoms with van der Waals surface area (Å²) in [5, 5.41) is 4.18. The summed E-state index contributed by atoms with van der Waals surface area (Å²) in [5.74, 6) is 1.01. The van der Waals surface area contributed by atoms with Crippen LogP contribution in [0, 0.1) is 0 Å². The normalized spacial score (nSPS) is 13.4. The Kier molecular flexibility index (Phi) is 2.89. The molecular weight excluding hydrogens is 282 g/mol. The van der Waals surface area contributed by atoms with Gasteiger partial charge in [-0.3, -0.25) is 0 Å². The van der Waals surface area contributed by atoms with Gasteiger partial charge in [0.15, 0.2) is 0 Å². The van der Waals surface area contributed by atoms with E-state index < -0.39 is 0 Å². The van der Waals surface area contributed by atoms with Crippen LogP contribution in [0.2, 0.25) is 5.02 Å². The van der Waals surface area contributed by atoms with Gasteiger partial charge in [-0.1, -0.05) is 23.7 Å². The number of fused-ring (bicyclic) bond motifs is 2. The number of hydrogen-bond acceptors (Lipinski definition) is 2. The third kappa shape index (κ3) is 2.00. The van der Waals surface area contributed by atoms with Crippen LogP contribution in [0.25, 0.3) is 22.4 Å². The van der Waals surface area contributed by atoms with Gasteiger partial charge in [-0.2, -0.15) is 0 Å². The first-order chi connectivity index (χ1) is 10.3. The van der Waals surface area contributed by atoms with Crippen LogP contribution in [0.3, 0.4) is 0 Å². The number of rotatable bonds is 2. The van der Waals surface area contributed by atoms with Crippen LogP contribution >= 0.6 is 11.6 Å². The van der Waals surface area contributed by atoms with E-state index in [4.69, 9.17) is 16.6 Å². The molecule has 0 amide bonds. The van der Waals surface area contributed by atoms with E-state index in [2.05, 4.69) is 35.0 Å². The Bertz CT molecular complexity index is 835. The minimum Gasteiger partial charge on any atom is -0.384 e. The van der Waals surface area contributed by atoms with Gasteiger partial charge in [-0.25, -0.2) is 4.98 Å². The average molecular weight is 298 g/mol. The summed E-state index contributed by atoms with van der Waals surface area (Å²) in [4.78, 5) is 4.80. The van der Waals surface area contributed by atoms with Crippen molar-refractivity contribution in [2.75, 3.05) is 11.9 Å². The zero-order valence-corrected chi connectivity index (χ0v) is 12.6. The molecule has 4 heteroatoms. The Morgan fingerprint density at radius 1 is 1.24 bits per heavy atom. The van der Waals surface area contributed by atoms with Crippen LogP contribution in [-0.2, 0) is 13.0 Å². The maximum Gasteiger partial charge on any atom is 0.141 e. The molecule has 21 heavy (non-hydrogen) atoms. The number of benzene rings is 2. The van der Waals surface area contributed by atoms with Gasteiger partial charge in [0.1, 0.15) is 5.82 Å². The lowest BCUT2D eigenvalue weighted by atomic mass is 10.1. The zero-order valence-electron chi connectivity index (χ0n) is 11.9. The predicted molar refractivity (Wildman–Crippen MR) is 88.0 cm³/mol. The van der Waals surface area contributed by atoms with Gasteiger partial charge in [-0.05, 0) is 43.2 Å². The summed E-state index contributed by atoms with van der Waals surface area (Å²) < 4.78 is 2.22. The van der Waals surface area contributed by atoms with Gasteiger partial charge >= 0.3 is 0 Å². The van der Waals surface area contributed by atoms with Crippen molar-refractivity contribution in [2.24, 2.45) is 0 Å². The molecule has 0 spiro atoms. The Morgan fingerprint density at radius 3 is 3.00 bits per heavy atom. The number of imidazole rings is 1. The molecule has 3 nitrogen and oxygen atoms in total. The molecule has 1 N–H and O–H groups in total. The quantitative estimate of drug-likeness (QED) is 0.762. The van der Waals surface area contributed by atoms with Crippen LogP contribution in [0.15, 0.2) is 36.4 Å². The van der Waals surface area contributed by atoms with E-state index in [0.717, 1.165) is 47.0 Å². The number of aryl methyl sites for hydroxylation is 1. The van der Waals surface area contributed by atoms with Crippen LogP contribution < -0.4 is 5.32 Å². The molecule has 1 aliphatic rings. The number of nitrogens with zero attached hydrogens (tertiary/aromatic N) is 2. The fraction of sp³-hybridized carbons (Fsp3) is 0.235. The fourth-order valence-corrected chi connectivity index (χ4v) is 3.23. The first-order valence-electron chi connectivity index (χ1n) is 7.29. The van der Waals surface area contributed by atoms with Crippen molar-refractivity contribution in [2.45, 2.75) is 19.9 Å². The van der Waals surface area contributed by atoms with E-state index in [1.165, 1.54) is 11.3 Å². The van der Waals surface area contributed by atoms with E-state index in [0.29, 0.717) is 0 Å². The molecule has 0 unspecified atom stereocenters. The van der Waals surface area contributed by atoms with Crippen molar-refractivity contribution in [1.82, 2.24) is 9.55 Å². The highest BCUT2D eigenvalue weighted by Crippen LogP contribution is 2.31. The molecule has 2 heterocycles. The number of hydrogen-bond donors (Lipinski definition) is 1. The third-order valence-corrected chi connectivity index (χ3v) is 4.34. The molecular formula is C17H16ClN3. The van der Waals surface area contributed by atoms with Gasteiger partial charge in [0.05, 0.1) is 11.0 Å². The molecule has 0 fully saturated rings. The standard InChI is InChI=1S/C17H16ClN3/c1-2-21-16-10-13(18)5-6-14(16)20-17(21)12-4-3-11-7-8-19-15(11)9-12/h3-6,9-10,19H,2,7-8H2,1H3. The lowest BCUT2D eigenvalue weighted by Crippen LogP contribution is -1.98. The average Bonchev–Trinajstić information content (AvgIpc) is 3.09. The summed E-state index contributed by atoms with van der Waals surface area (Å²) in [6.07, 6.45) is 1.11. The Morgan fingerprint density at radius 2 is 2.14 bits per heavy atom. The Hall–Kier alpha value is -2.00. The van der Waals surface area contributed by atoms with Gasteiger partial charge < -0.3 is 9.88 Å². The maximum absolute atomic E-state index is 6.13. The molecule has 3 aromatic rings. The predicted octanol–water partition coefficient (Wildman–Crippen LogP) is 4.34. The number of anilines is 1. The van der Waals surface area contributed by atoms with Crippen molar-refractivity contribution in [1.29, 1.82) is 0 Å². The smallest absolute Gasteiger partial charge is 0.141 e. The zero-order chi connectivity index (χ0) is 14.4. The summed E-state index contributed by atoms with van der Waals surface area (Å²) >= 11 is 6.13. The topological polar surface area (TPSA) is 29.9 Å². The highest BCUT2D eigenvalue weighted by atomic mass is 35.5. The SMILES string of the molecule is CCn1c(-c2ccc3c(c2)NCC3)nc2ccc(Cl)cc21. The minimum atomic E-state index is 0.749. The highest BCUT2D eigenvalue weighted by Gasteiger charge is 2.15. The maximum atomic E-state index is 6.13. The molecule has 0 saturated carbocycles. The van der Waals surface area contributed by atoms with Crippen molar-refractivity contribution < 1.29 is 0 Å². The van der Waals surface area contributed by atoms with Gasteiger partial charge in [0.25, 0.3) is 0 Å². The van der Waals surface area contributed by atoms with E-state index in [-0.39, 0.29) is 0 Å². The van der Waals surface area contributed by atoms with Gasteiger partial charge in [0.2, 0.25) is 0 Å². The molecule has 1 aliphatic heterocycles. The molecule has 1 aromatic heterocycles. The first kappa shape index (κ1) is 12.7. The van der Waals surface area contributed by atoms with E-state index in [1.807, 2.05) is 18.2 Å². The lowest BCUT2D eigenvalue weighted by molar-refractivity contribution is 0.796. The summed E-state index contributed by atoms with van der Waals surface area (Å²) in [6.45, 7) is 4.03. The molecule has 0 radical (unpaired) electrons. The van der Waals surface area contributed by atoms with E-state index in [9.17, 15) is 0 Å². The van der Waals surface area contributed by atoms with Crippen molar-refractivity contribution >= 4 is 28.3 Å². The van der Waals surface area contributed by atoms with Crippen LogP contribution in [0.4, 0.5) is 5.69 Å². The largest absolute Gasteiger partial charge is 0.384 e. The molecule has 2 aromatic carbocycles. The second-order valence-corrected chi connectivity index (χ2v) is 5.80. The molecule has 0 bridgehead atoms. The highest BCUT2D eigenvalue weighted by molar-refractivity contribution is 6.31. The van der Waals surface area contributed by atoms with Crippen LogP contribution in [-0.4, -0.2) is 16.1 Å². The van der Waals surface area contributed by atoms with Gasteiger partial charge in [-0.15, -0.1) is 0 Å². The number of halogens is 1. The monoisotopic (exact) mass is 297 g/mol. The second kappa shape index (κ2) is 4.78. The van der Waals surface area contributed by atoms with Crippen molar-refractivity contribution in [3.05, 3.63) is 47.0 Å². The number of aromatic nitrogens is 2. The fourth-order valence-electron chi connectivity index (χ4n) is 3.07. The second-order valence-electron chi connectivity index (χ2n) is 5.36. The van der Waals surface area contributed by atoms with E-state index >= 15 is 0 Å². The molecule has 106 valence electrons. The molecule has 0 aliphatic carbocycles. The number of nitrogens with one attached hydrogen (secondary N) is 1. The van der Waals surface area contributed by atoms with E-state index in [1.54, 1.807) is 0 Å². The summed E-state index contributed by atoms with van der Waals surface area (Å²) in [5.41, 5.74) is 5.86. The Labute approximate surface area is 128 Å². The Balaban J connectivity index is 1.93. The summed E-state index contributed by atoms with van der Waals surface area (Å²) in [6, 6.07) is 12.4. The first-order valence-corrected chi connectivity index (χ1v) is 7.67. The summed E-state index contributed by atoms with van der Waals surface area (Å²) in [7, 11) is 0. The molecule has 0 saturated heterocycles. The van der Waals surface area contributed by atoms with Crippen LogP contribution in [0.1, 0.15) is 12.5 Å². The molecule has 4 rings (SSSR count). The van der Waals surface area contributed by atoms with Crippen molar-refractivity contribution in [3.63, 3.8) is 0 Å². The minimum absolute atomic E-state index is 0.749. The lowest BCUT2D eigenvalue weighted by Gasteiger charge is -2.08. The third-order valence-electron chi connectivity index (χ3n) is 4.10. The molecule has 0 atom stereocenters. The van der Waals surface area contributed by atoms with Gasteiger partial charge in [0, 0.05) is 29.4 Å². The van der Waals surface area contributed by atoms with Crippen LogP contribution in [0.5, 0.6) is 0 Å². The van der Waals surface area contributed by atoms with Crippen molar-refractivity contribution in [3.8, 4) is 11.4 Å².